The van der Waals surface area contributed by atoms with Crippen LogP contribution in [0.4, 0.5) is 23.7 Å². The minimum atomic E-state index is -4.48. The summed E-state index contributed by atoms with van der Waals surface area (Å²) in [5.41, 5.74) is -3.32. The largest absolute Gasteiger partial charge is 0.472 e. The number of aromatic nitrogens is 1. The minimum absolute atomic E-state index is 0.00780. The zero-order chi connectivity index (χ0) is 45.7. The van der Waals surface area contributed by atoms with E-state index in [0.717, 1.165) is 29.8 Å². The molecule has 3 N–H and O–H groups in total. The Kier molecular flexibility index (Phi) is 12.8. The summed E-state index contributed by atoms with van der Waals surface area (Å²) in [6, 6.07) is 4.35. The molecule has 346 valence electrons. The van der Waals surface area contributed by atoms with E-state index in [1.54, 1.807) is 19.2 Å². The van der Waals surface area contributed by atoms with E-state index in [4.69, 9.17) is 9.47 Å². The van der Waals surface area contributed by atoms with Crippen LogP contribution < -0.4 is 19.7 Å². The van der Waals surface area contributed by atoms with Crippen LogP contribution in [0.5, 0.6) is 5.88 Å². The van der Waals surface area contributed by atoms with Gasteiger partial charge in [0.05, 0.1) is 31.6 Å². The van der Waals surface area contributed by atoms with Gasteiger partial charge in [-0.3, -0.25) is 24.0 Å². The number of carbonyl (C=O) groups is 4. The molecule has 1 aromatic carbocycles. The van der Waals surface area contributed by atoms with E-state index in [1.165, 1.54) is 0 Å². The maximum atomic E-state index is 15.5. The smallest absolute Gasteiger partial charge is 0.408 e. The summed E-state index contributed by atoms with van der Waals surface area (Å²) >= 11 is 0. The molecule has 2 saturated heterocycles. The molecule has 4 amide bonds. The van der Waals surface area contributed by atoms with Gasteiger partial charge in [0.2, 0.25) is 27.7 Å². The van der Waals surface area contributed by atoms with Gasteiger partial charge in [0.1, 0.15) is 40.7 Å². The number of amides is 4. The van der Waals surface area contributed by atoms with Crippen LogP contribution >= 0.6 is 0 Å². The van der Waals surface area contributed by atoms with E-state index in [2.05, 4.69) is 15.2 Å². The van der Waals surface area contributed by atoms with Crippen molar-refractivity contribution in [1.29, 1.82) is 0 Å². The third-order valence-corrected chi connectivity index (χ3v) is 16.2. The SMILES string of the molecule is CC[C@@H]1C[C@H](C)CCC=C[C@@H]2C[C@@]2(C(=O)NS(=O)(=O)C2(CF)CC2)NC(=O)[C@@H]2C[C@@H](Oc3ncc(N4CCOCC4)c4ccccc34)CN2C(=O)[C@H]1N(C(=O)O)C(C)(C)C(C)(F)F. The molecule has 15 nitrogen and oxygen atoms in total. The van der Waals surface area contributed by atoms with Gasteiger partial charge in [0, 0.05) is 43.1 Å². The predicted octanol–water partition coefficient (Wildman–Crippen LogP) is 5.43. The Morgan fingerprint density at radius 1 is 1.11 bits per heavy atom. The van der Waals surface area contributed by atoms with E-state index in [1.807, 2.05) is 42.0 Å². The molecule has 0 radical (unpaired) electrons. The number of anilines is 1. The van der Waals surface area contributed by atoms with E-state index < -0.39 is 92.3 Å². The fourth-order valence-electron chi connectivity index (χ4n) is 9.46. The Bertz CT molecular complexity index is 2230. The zero-order valence-electron chi connectivity index (χ0n) is 36.4. The molecule has 3 aliphatic heterocycles. The maximum absolute atomic E-state index is 15.5. The fraction of sp³-hybridized carbons (Fsp3) is 0.659. The number of carbonyl (C=O) groups excluding carboxylic acids is 3. The monoisotopic (exact) mass is 904 g/mol. The van der Waals surface area contributed by atoms with Crippen molar-refractivity contribution in [2.24, 2.45) is 17.8 Å². The Morgan fingerprint density at radius 2 is 1.79 bits per heavy atom. The lowest BCUT2D eigenvalue weighted by Gasteiger charge is -2.47. The third-order valence-electron chi connectivity index (χ3n) is 14.1. The summed E-state index contributed by atoms with van der Waals surface area (Å²) in [5.74, 6) is -7.75. The highest BCUT2D eigenvalue weighted by Gasteiger charge is 2.64. The van der Waals surface area contributed by atoms with Gasteiger partial charge >= 0.3 is 6.09 Å². The number of nitrogens with zero attached hydrogens (tertiary/aromatic N) is 4. The molecular weight excluding hydrogens is 846 g/mol. The molecule has 0 unspecified atom stereocenters. The highest BCUT2D eigenvalue weighted by Crippen LogP contribution is 2.48. The lowest BCUT2D eigenvalue weighted by atomic mass is 9.81. The average molecular weight is 905 g/mol. The average Bonchev–Trinajstić information content (AvgIpc) is 4.14. The number of carboxylic acid groups (broad SMARTS) is 1. The second kappa shape index (κ2) is 17.4. The summed E-state index contributed by atoms with van der Waals surface area (Å²) in [6.45, 7) is 7.33. The molecule has 5 aliphatic rings. The summed E-state index contributed by atoms with van der Waals surface area (Å²) in [7, 11) is -4.48. The number of allylic oxidation sites excluding steroid dienone is 1. The van der Waals surface area contributed by atoms with Crippen LogP contribution in [0.3, 0.4) is 0 Å². The van der Waals surface area contributed by atoms with Gasteiger partial charge in [0.15, 0.2) is 0 Å². The first-order chi connectivity index (χ1) is 29.7. The second-order valence-corrected chi connectivity index (χ2v) is 20.7. The van der Waals surface area contributed by atoms with Crippen molar-refractivity contribution >= 4 is 50.3 Å². The van der Waals surface area contributed by atoms with E-state index >= 15 is 13.6 Å². The number of alkyl halides is 3. The quantitative estimate of drug-likeness (QED) is 0.244. The van der Waals surface area contributed by atoms with Crippen molar-refractivity contribution in [2.45, 2.75) is 126 Å². The fourth-order valence-corrected chi connectivity index (χ4v) is 10.9. The molecule has 7 atom stereocenters. The van der Waals surface area contributed by atoms with E-state index in [0.29, 0.717) is 56.4 Å². The number of ether oxygens (including phenoxy) is 2. The van der Waals surface area contributed by atoms with Crippen LogP contribution in [0, 0.1) is 17.8 Å². The van der Waals surface area contributed by atoms with Gasteiger partial charge in [-0.25, -0.2) is 31.4 Å². The number of sulfonamides is 1. The molecule has 7 rings (SSSR count). The van der Waals surface area contributed by atoms with Gasteiger partial charge in [-0.2, -0.15) is 0 Å². The summed E-state index contributed by atoms with van der Waals surface area (Å²) in [4.78, 5) is 66.0. The van der Waals surface area contributed by atoms with Crippen LogP contribution in [0.2, 0.25) is 0 Å². The third kappa shape index (κ3) is 8.79. The molecule has 2 aromatic rings. The number of halogens is 3. The van der Waals surface area contributed by atoms with E-state index in [-0.39, 0.29) is 56.9 Å². The Morgan fingerprint density at radius 3 is 2.41 bits per heavy atom. The Balaban J connectivity index is 1.29. The first-order valence-corrected chi connectivity index (χ1v) is 23.4. The number of rotatable bonds is 11. The van der Waals surface area contributed by atoms with Crippen LogP contribution in [-0.4, -0.2) is 132 Å². The van der Waals surface area contributed by atoms with Crippen LogP contribution in [0.25, 0.3) is 10.8 Å². The molecule has 4 fully saturated rings. The highest BCUT2D eigenvalue weighted by molar-refractivity contribution is 7.91. The molecular formula is C44H59F3N6O9S. The molecule has 4 heterocycles. The van der Waals surface area contributed by atoms with Gasteiger partial charge in [-0.05, 0) is 70.3 Å². The lowest BCUT2D eigenvalue weighted by Crippen LogP contribution is -2.67. The summed E-state index contributed by atoms with van der Waals surface area (Å²) in [6.07, 6.45) is 4.00. The molecule has 63 heavy (non-hydrogen) atoms. The second-order valence-electron chi connectivity index (χ2n) is 18.7. The van der Waals surface area contributed by atoms with E-state index in [9.17, 15) is 32.3 Å². The van der Waals surface area contributed by atoms with Gasteiger partial charge in [0.25, 0.3) is 11.8 Å². The molecule has 2 aliphatic carbocycles. The number of benzene rings is 1. The Hall–Kier alpha value is -4.65. The first-order valence-electron chi connectivity index (χ1n) is 21.9. The standard InChI is InChI=1S/C44H59F3N6O9S/c1-6-28-21-27(2)11-7-8-12-29-23-44(29,39(56)50-63(59,60)43(26-45)15-16-43)49-36(54)33-22-30(25-52(33)38(55)35(28)53(40(57)58)41(3,4)42(5,46)47)62-37-32-14-10-9-13-31(32)34(24-48-37)51-17-19-61-20-18-51/h8-10,12-14,24,27-30,33,35H,6-7,11,15-23,25-26H2,1-5H3,(H,49,54)(H,50,56)(H,57,58)/t27-,28-,29-,30-,33+,35+,44-/m1/s1. The van der Waals surface area contributed by atoms with Crippen LogP contribution in [0.15, 0.2) is 42.6 Å². The van der Waals surface area contributed by atoms with Crippen molar-refractivity contribution in [3.05, 3.63) is 42.6 Å². The number of morpholine rings is 1. The number of fused-ring (bicyclic) bond motifs is 3. The minimum Gasteiger partial charge on any atom is -0.472 e. The predicted molar refractivity (Wildman–Crippen MR) is 228 cm³/mol. The van der Waals surface area contributed by atoms with Crippen molar-refractivity contribution in [2.75, 3.05) is 44.4 Å². The molecule has 0 spiro atoms. The molecule has 1 aromatic heterocycles. The maximum Gasteiger partial charge on any atom is 0.408 e. The normalized spacial score (nSPS) is 29.1. The Labute approximate surface area is 366 Å². The van der Waals surface area contributed by atoms with Crippen molar-refractivity contribution in [3.8, 4) is 5.88 Å². The van der Waals surface area contributed by atoms with Crippen molar-refractivity contribution < 1.29 is 55.3 Å². The summed E-state index contributed by atoms with van der Waals surface area (Å²) < 4.78 is 84.1. The van der Waals surface area contributed by atoms with Crippen molar-refractivity contribution in [3.63, 3.8) is 0 Å². The van der Waals surface area contributed by atoms with Gasteiger partial charge < -0.3 is 29.7 Å². The summed E-state index contributed by atoms with van der Waals surface area (Å²) in [5, 5.41) is 15.0. The number of pyridine rings is 1. The zero-order valence-corrected chi connectivity index (χ0v) is 37.3. The number of hydrogen-bond acceptors (Lipinski definition) is 10. The number of hydrogen-bond donors (Lipinski definition) is 3. The highest BCUT2D eigenvalue weighted by atomic mass is 32.2. The van der Waals surface area contributed by atoms with Crippen LogP contribution in [-0.2, 0) is 29.1 Å². The lowest BCUT2D eigenvalue weighted by molar-refractivity contribution is -0.157. The first kappa shape index (κ1) is 46.3. The molecule has 0 bridgehead atoms. The topological polar surface area (TPSA) is 188 Å². The van der Waals surface area contributed by atoms with Crippen molar-refractivity contribution in [1.82, 2.24) is 24.8 Å². The van der Waals surface area contributed by atoms with Gasteiger partial charge in [-0.15, -0.1) is 0 Å². The molecule has 2 saturated carbocycles. The van der Waals surface area contributed by atoms with Crippen LogP contribution in [0.1, 0.15) is 86.0 Å². The molecule has 19 heteroatoms. The number of nitrogens with one attached hydrogen (secondary N) is 2. The van der Waals surface area contributed by atoms with Gasteiger partial charge in [-0.1, -0.05) is 50.6 Å².